The van der Waals surface area contributed by atoms with Gasteiger partial charge in [-0.05, 0) is 42.2 Å². The maximum atomic E-state index is 13.4. The SMILES string of the molecule is NC1CCCCC1C(=O)Nc1cc(C(F)(F)F)cc2c1Cc1ccccc1S2. The summed E-state index contributed by atoms with van der Waals surface area (Å²) < 4.78 is 40.3. The first-order chi connectivity index (χ1) is 13.3. The second-order valence-corrected chi connectivity index (χ2v) is 8.51. The van der Waals surface area contributed by atoms with Crippen LogP contribution >= 0.6 is 11.8 Å². The molecule has 148 valence electrons. The van der Waals surface area contributed by atoms with E-state index in [0.29, 0.717) is 17.7 Å². The largest absolute Gasteiger partial charge is 0.416 e. The summed E-state index contributed by atoms with van der Waals surface area (Å²) in [5.41, 5.74) is 7.36. The zero-order valence-electron chi connectivity index (χ0n) is 15.2. The van der Waals surface area contributed by atoms with E-state index in [9.17, 15) is 18.0 Å². The van der Waals surface area contributed by atoms with Crippen LogP contribution in [-0.2, 0) is 17.4 Å². The number of nitrogens with two attached hydrogens (primary N) is 1. The number of anilines is 1. The lowest BCUT2D eigenvalue weighted by Crippen LogP contribution is -2.40. The lowest BCUT2D eigenvalue weighted by atomic mass is 9.84. The van der Waals surface area contributed by atoms with Crippen molar-refractivity contribution in [1.29, 1.82) is 0 Å². The first kappa shape index (κ1) is 19.3. The quantitative estimate of drug-likeness (QED) is 0.614. The van der Waals surface area contributed by atoms with E-state index in [1.807, 2.05) is 24.3 Å². The van der Waals surface area contributed by atoms with Crippen molar-refractivity contribution >= 4 is 23.4 Å². The number of halogens is 3. The third-order valence-electron chi connectivity index (χ3n) is 5.51. The van der Waals surface area contributed by atoms with Gasteiger partial charge in [-0.25, -0.2) is 0 Å². The number of amides is 1. The van der Waals surface area contributed by atoms with E-state index in [2.05, 4.69) is 5.32 Å². The molecule has 0 spiro atoms. The van der Waals surface area contributed by atoms with Gasteiger partial charge < -0.3 is 11.1 Å². The van der Waals surface area contributed by atoms with E-state index in [1.54, 1.807) is 0 Å². The highest BCUT2D eigenvalue weighted by molar-refractivity contribution is 7.99. The van der Waals surface area contributed by atoms with Crippen LogP contribution in [0.1, 0.15) is 42.4 Å². The van der Waals surface area contributed by atoms with E-state index in [4.69, 9.17) is 5.73 Å². The number of alkyl halides is 3. The maximum absolute atomic E-state index is 13.4. The van der Waals surface area contributed by atoms with Crippen LogP contribution in [0.4, 0.5) is 18.9 Å². The predicted molar refractivity (Wildman–Crippen MR) is 103 cm³/mol. The van der Waals surface area contributed by atoms with Crippen LogP contribution in [0.2, 0.25) is 0 Å². The normalized spacial score (nSPS) is 21.6. The van der Waals surface area contributed by atoms with E-state index >= 15 is 0 Å². The molecule has 2 aromatic carbocycles. The number of carbonyl (C=O) groups is 1. The van der Waals surface area contributed by atoms with Crippen molar-refractivity contribution in [3.05, 3.63) is 53.1 Å². The van der Waals surface area contributed by atoms with Crippen molar-refractivity contribution in [1.82, 2.24) is 0 Å². The molecule has 28 heavy (non-hydrogen) atoms. The van der Waals surface area contributed by atoms with Gasteiger partial charge in [0, 0.05) is 27.9 Å². The monoisotopic (exact) mass is 406 g/mol. The average molecular weight is 406 g/mol. The van der Waals surface area contributed by atoms with Crippen molar-refractivity contribution in [2.24, 2.45) is 11.7 Å². The highest BCUT2D eigenvalue weighted by atomic mass is 32.2. The standard InChI is InChI=1S/C21H21F3N2OS/c22-21(23,24)13-10-17(26-20(27)14-6-2-3-7-16(14)25)15-9-12-5-1-4-8-18(12)28-19(15)11-13/h1,4-5,8,10-11,14,16H,2-3,6-7,9,25H2,(H,26,27). The number of hydrogen-bond acceptors (Lipinski definition) is 3. The Balaban J connectivity index is 1.71. The number of nitrogens with one attached hydrogen (secondary N) is 1. The molecule has 1 aliphatic heterocycles. The van der Waals surface area contributed by atoms with E-state index in [1.165, 1.54) is 17.8 Å². The van der Waals surface area contributed by atoms with Crippen LogP contribution < -0.4 is 11.1 Å². The van der Waals surface area contributed by atoms with Crippen LogP contribution in [0.3, 0.4) is 0 Å². The van der Waals surface area contributed by atoms with Gasteiger partial charge in [-0.2, -0.15) is 13.2 Å². The second-order valence-electron chi connectivity index (χ2n) is 7.43. The minimum Gasteiger partial charge on any atom is -0.327 e. The molecule has 3 nitrogen and oxygen atoms in total. The molecule has 1 heterocycles. The summed E-state index contributed by atoms with van der Waals surface area (Å²) in [7, 11) is 0. The molecular formula is C21H21F3N2OS. The molecule has 1 fully saturated rings. The zero-order valence-corrected chi connectivity index (χ0v) is 16.0. The fourth-order valence-electron chi connectivity index (χ4n) is 3.96. The Bertz CT molecular complexity index is 913. The Kier molecular flexibility index (Phi) is 5.14. The Morgan fingerprint density at radius 2 is 1.86 bits per heavy atom. The number of rotatable bonds is 2. The average Bonchev–Trinajstić information content (AvgIpc) is 2.66. The molecule has 1 amide bonds. The van der Waals surface area contributed by atoms with E-state index in [-0.39, 0.29) is 23.6 Å². The zero-order chi connectivity index (χ0) is 19.9. The van der Waals surface area contributed by atoms with Gasteiger partial charge in [-0.3, -0.25) is 4.79 Å². The van der Waals surface area contributed by atoms with Crippen LogP contribution in [0, 0.1) is 5.92 Å². The van der Waals surface area contributed by atoms with Gasteiger partial charge in [0.25, 0.3) is 0 Å². The van der Waals surface area contributed by atoms with Crippen LogP contribution in [0.15, 0.2) is 46.2 Å². The molecule has 2 atom stereocenters. The topological polar surface area (TPSA) is 55.1 Å². The molecule has 2 aliphatic rings. The summed E-state index contributed by atoms with van der Waals surface area (Å²) in [5, 5.41) is 2.78. The van der Waals surface area contributed by atoms with Crippen molar-refractivity contribution in [3.63, 3.8) is 0 Å². The molecule has 3 N–H and O–H groups in total. The van der Waals surface area contributed by atoms with E-state index in [0.717, 1.165) is 41.4 Å². The Hall–Kier alpha value is -1.99. The molecule has 2 aromatic rings. The van der Waals surface area contributed by atoms with Crippen molar-refractivity contribution in [2.45, 2.75) is 54.1 Å². The second kappa shape index (κ2) is 7.44. The summed E-state index contributed by atoms with van der Waals surface area (Å²) in [6.07, 6.45) is -0.656. The van der Waals surface area contributed by atoms with Gasteiger partial charge in [-0.15, -0.1) is 0 Å². The maximum Gasteiger partial charge on any atom is 0.416 e. The molecular weight excluding hydrogens is 385 g/mol. The summed E-state index contributed by atoms with van der Waals surface area (Å²) in [4.78, 5) is 14.3. The summed E-state index contributed by atoms with van der Waals surface area (Å²) in [6, 6.07) is 9.64. The molecule has 1 saturated carbocycles. The number of carbonyl (C=O) groups excluding carboxylic acids is 1. The van der Waals surface area contributed by atoms with Crippen molar-refractivity contribution < 1.29 is 18.0 Å². The molecule has 1 aliphatic carbocycles. The van der Waals surface area contributed by atoms with Gasteiger partial charge in [0.15, 0.2) is 0 Å². The third kappa shape index (κ3) is 3.78. The molecule has 7 heteroatoms. The lowest BCUT2D eigenvalue weighted by molar-refractivity contribution is -0.137. The van der Waals surface area contributed by atoms with Gasteiger partial charge >= 0.3 is 6.18 Å². The third-order valence-corrected chi connectivity index (χ3v) is 6.71. The smallest absolute Gasteiger partial charge is 0.327 e. The molecule has 0 aromatic heterocycles. The van der Waals surface area contributed by atoms with E-state index < -0.39 is 11.7 Å². The first-order valence-electron chi connectivity index (χ1n) is 9.39. The summed E-state index contributed by atoms with van der Waals surface area (Å²) in [6.45, 7) is 0. The predicted octanol–water partition coefficient (Wildman–Crippen LogP) is 5.22. The Morgan fingerprint density at radius 3 is 2.61 bits per heavy atom. The van der Waals surface area contributed by atoms with Crippen LogP contribution in [0.25, 0.3) is 0 Å². The fourth-order valence-corrected chi connectivity index (χ4v) is 5.11. The Morgan fingerprint density at radius 1 is 1.11 bits per heavy atom. The van der Waals surface area contributed by atoms with Crippen LogP contribution in [0.5, 0.6) is 0 Å². The number of benzene rings is 2. The summed E-state index contributed by atoms with van der Waals surface area (Å²) in [5.74, 6) is -0.639. The Labute approximate surface area is 165 Å². The van der Waals surface area contributed by atoms with Gasteiger partial charge in [0.1, 0.15) is 0 Å². The first-order valence-corrected chi connectivity index (χ1v) is 10.2. The lowest BCUT2D eigenvalue weighted by Gasteiger charge is -2.29. The summed E-state index contributed by atoms with van der Waals surface area (Å²) >= 11 is 1.31. The minimum atomic E-state index is -4.48. The van der Waals surface area contributed by atoms with Gasteiger partial charge in [-0.1, -0.05) is 42.8 Å². The van der Waals surface area contributed by atoms with Gasteiger partial charge in [0.2, 0.25) is 5.91 Å². The molecule has 0 saturated heterocycles. The number of fused-ring (bicyclic) bond motifs is 2. The number of hydrogen-bond donors (Lipinski definition) is 2. The van der Waals surface area contributed by atoms with Crippen LogP contribution in [-0.4, -0.2) is 11.9 Å². The van der Waals surface area contributed by atoms with Crippen molar-refractivity contribution in [3.8, 4) is 0 Å². The molecule has 4 rings (SSSR count). The molecule has 2 unspecified atom stereocenters. The molecule has 0 bridgehead atoms. The highest BCUT2D eigenvalue weighted by Gasteiger charge is 2.34. The highest BCUT2D eigenvalue weighted by Crippen LogP contribution is 2.45. The fraction of sp³-hybridized carbons (Fsp3) is 0.381. The van der Waals surface area contributed by atoms with Gasteiger partial charge in [0.05, 0.1) is 11.5 Å². The molecule has 0 radical (unpaired) electrons. The minimum absolute atomic E-state index is 0.245. The van der Waals surface area contributed by atoms with Crippen molar-refractivity contribution in [2.75, 3.05) is 5.32 Å².